The maximum absolute atomic E-state index is 5.81. The van der Waals surface area contributed by atoms with Gasteiger partial charge < -0.3 is 9.47 Å². The Bertz CT molecular complexity index is 310. The Morgan fingerprint density at radius 1 is 1.33 bits per heavy atom. The second-order valence-corrected chi connectivity index (χ2v) is 4.05. The minimum atomic E-state index is 0.433. The fourth-order valence-electron chi connectivity index (χ4n) is 1.27. The molecule has 84 valence electrons. The molecule has 0 aromatic heterocycles. The van der Waals surface area contributed by atoms with E-state index in [1.807, 2.05) is 18.2 Å². The summed E-state index contributed by atoms with van der Waals surface area (Å²) in [4.78, 5) is 0. The molecule has 0 aliphatic carbocycles. The van der Waals surface area contributed by atoms with Crippen LogP contribution in [0.4, 0.5) is 0 Å². The molecule has 0 amide bonds. The van der Waals surface area contributed by atoms with Crippen LogP contribution in [0, 0.1) is 5.92 Å². The largest absolute Gasteiger partial charge is 0.493 e. The van der Waals surface area contributed by atoms with Gasteiger partial charge in [0.25, 0.3) is 0 Å². The van der Waals surface area contributed by atoms with Gasteiger partial charge in [-0.2, -0.15) is 0 Å². The van der Waals surface area contributed by atoms with Gasteiger partial charge in [0.15, 0.2) is 11.5 Å². The third kappa shape index (κ3) is 3.31. The summed E-state index contributed by atoms with van der Waals surface area (Å²) < 4.78 is 10.9. The highest BCUT2D eigenvalue weighted by atomic mass is 35.5. The Morgan fingerprint density at radius 3 is 2.60 bits per heavy atom. The SMILES string of the molecule is COc1c(CCl)cccc1OCC(C)C. The van der Waals surface area contributed by atoms with E-state index in [9.17, 15) is 0 Å². The first-order valence-electron chi connectivity index (χ1n) is 5.03. The first-order chi connectivity index (χ1) is 7.19. The third-order valence-electron chi connectivity index (χ3n) is 1.98. The van der Waals surface area contributed by atoms with Crippen LogP contribution in [-0.4, -0.2) is 13.7 Å². The monoisotopic (exact) mass is 228 g/mol. The molecule has 15 heavy (non-hydrogen) atoms. The third-order valence-corrected chi connectivity index (χ3v) is 2.27. The summed E-state index contributed by atoms with van der Waals surface area (Å²) in [5.74, 6) is 2.44. The van der Waals surface area contributed by atoms with E-state index in [1.165, 1.54) is 0 Å². The van der Waals surface area contributed by atoms with Gasteiger partial charge in [-0.05, 0) is 12.0 Å². The molecule has 0 saturated heterocycles. The molecule has 1 aromatic carbocycles. The van der Waals surface area contributed by atoms with Gasteiger partial charge in [0.2, 0.25) is 0 Å². The van der Waals surface area contributed by atoms with Crippen LogP contribution in [0.1, 0.15) is 19.4 Å². The number of halogens is 1. The molecule has 3 heteroatoms. The zero-order valence-electron chi connectivity index (χ0n) is 9.42. The van der Waals surface area contributed by atoms with E-state index in [0.717, 1.165) is 17.1 Å². The first-order valence-corrected chi connectivity index (χ1v) is 5.57. The zero-order chi connectivity index (χ0) is 11.3. The molecule has 0 atom stereocenters. The second kappa shape index (κ2) is 5.86. The normalized spacial score (nSPS) is 10.5. The molecule has 0 heterocycles. The molecule has 1 rings (SSSR count). The molecule has 0 radical (unpaired) electrons. The molecule has 0 unspecified atom stereocenters. The van der Waals surface area contributed by atoms with Crippen molar-refractivity contribution >= 4 is 11.6 Å². The lowest BCUT2D eigenvalue weighted by molar-refractivity contribution is 0.256. The van der Waals surface area contributed by atoms with Crippen molar-refractivity contribution in [1.82, 2.24) is 0 Å². The summed E-state index contributed by atoms with van der Waals surface area (Å²) in [6.07, 6.45) is 0. The van der Waals surface area contributed by atoms with Gasteiger partial charge in [0.05, 0.1) is 19.6 Å². The van der Waals surface area contributed by atoms with E-state index < -0.39 is 0 Å². The number of methoxy groups -OCH3 is 1. The highest BCUT2D eigenvalue weighted by Crippen LogP contribution is 2.32. The molecule has 0 N–H and O–H groups in total. The number of hydrogen-bond donors (Lipinski definition) is 0. The minimum absolute atomic E-state index is 0.433. The first kappa shape index (κ1) is 12.2. The van der Waals surface area contributed by atoms with Crippen LogP contribution in [0.2, 0.25) is 0 Å². The Hall–Kier alpha value is -0.890. The number of ether oxygens (including phenoxy) is 2. The predicted octanol–water partition coefficient (Wildman–Crippen LogP) is 3.47. The van der Waals surface area contributed by atoms with Crippen molar-refractivity contribution in [3.63, 3.8) is 0 Å². The molecule has 0 aliphatic rings. The van der Waals surface area contributed by atoms with E-state index in [-0.39, 0.29) is 0 Å². The molecule has 0 saturated carbocycles. The van der Waals surface area contributed by atoms with Crippen molar-refractivity contribution in [1.29, 1.82) is 0 Å². The highest BCUT2D eigenvalue weighted by molar-refractivity contribution is 6.17. The molecule has 0 fully saturated rings. The maximum Gasteiger partial charge on any atom is 0.165 e. The Morgan fingerprint density at radius 2 is 2.07 bits per heavy atom. The summed E-state index contributed by atoms with van der Waals surface area (Å²) in [7, 11) is 1.63. The Labute approximate surface area is 96.2 Å². The molecular formula is C12H17ClO2. The van der Waals surface area contributed by atoms with Crippen LogP contribution in [-0.2, 0) is 5.88 Å². The number of benzene rings is 1. The summed E-state index contributed by atoms with van der Waals surface area (Å²) in [6, 6.07) is 5.77. The summed E-state index contributed by atoms with van der Waals surface area (Å²) >= 11 is 5.81. The molecular weight excluding hydrogens is 212 g/mol. The topological polar surface area (TPSA) is 18.5 Å². The minimum Gasteiger partial charge on any atom is -0.493 e. The van der Waals surface area contributed by atoms with Crippen LogP contribution in [0.15, 0.2) is 18.2 Å². The van der Waals surface area contributed by atoms with E-state index in [1.54, 1.807) is 7.11 Å². The van der Waals surface area contributed by atoms with E-state index in [0.29, 0.717) is 18.4 Å². The number of para-hydroxylation sites is 1. The van der Waals surface area contributed by atoms with Crippen LogP contribution in [0.25, 0.3) is 0 Å². The van der Waals surface area contributed by atoms with E-state index in [4.69, 9.17) is 21.1 Å². The quantitative estimate of drug-likeness (QED) is 0.719. The fourth-order valence-corrected chi connectivity index (χ4v) is 1.48. The summed E-state index contributed by atoms with van der Waals surface area (Å²) in [5, 5.41) is 0. The van der Waals surface area contributed by atoms with Gasteiger partial charge >= 0.3 is 0 Å². The number of alkyl halides is 1. The Kier molecular flexibility index (Phi) is 4.76. The molecule has 0 spiro atoms. The summed E-state index contributed by atoms with van der Waals surface area (Å²) in [6.45, 7) is 4.90. The standard InChI is InChI=1S/C12H17ClO2/c1-9(2)8-15-11-6-4-5-10(7-13)12(11)14-3/h4-6,9H,7-8H2,1-3H3. The number of rotatable bonds is 5. The zero-order valence-corrected chi connectivity index (χ0v) is 10.2. The molecule has 0 bridgehead atoms. The average molecular weight is 229 g/mol. The van der Waals surface area contributed by atoms with Crippen molar-refractivity contribution in [2.24, 2.45) is 5.92 Å². The van der Waals surface area contributed by atoms with Gasteiger partial charge in [-0.3, -0.25) is 0 Å². The fraction of sp³-hybridized carbons (Fsp3) is 0.500. The highest BCUT2D eigenvalue weighted by Gasteiger charge is 2.09. The van der Waals surface area contributed by atoms with Gasteiger partial charge in [-0.25, -0.2) is 0 Å². The predicted molar refractivity (Wildman–Crippen MR) is 62.9 cm³/mol. The molecule has 0 aliphatic heterocycles. The van der Waals surface area contributed by atoms with Crippen molar-refractivity contribution in [2.75, 3.05) is 13.7 Å². The van der Waals surface area contributed by atoms with Gasteiger partial charge in [0.1, 0.15) is 0 Å². The van der Waals surface area contributed by atoms with Gasteiger partial charge in [-0.15, -0.1) is 11.6 Å². The lowest BCUT2D eigenvalue weighted by atomic mass is 10.2. The van der Waals surface area contributed by atoms with Crippen LogP contribution in [0.5, 0.6) is 11.5 Å². The average Bonchev–Trinajstić information content (AvgIpc) is 2.25. The Balaban J connectivity index is 2.86. The van der Waals surface area contributed by atoms with Crippen molar-refractivity contribution < 1.29 is 9.47 Å². The maximum atomic E-state index is 5.81. The van der Waals surface area contributed by atoms with Crippen LogP contribution >= 0.6 is 11.6 Å². The molecule has 2 nitrogen and oxygen atoms in total. The van der Waals surface area contributed by atoms with Gasteiger partial charge in [0, 0.05) is 5.56 Å². The smallest absolute Gasteiger partial charge is 0.165 e. The number of hydrogen-bond acceptors (Lipinski definition) is 2. The van der Waals surface area contributed by atoms with Gasteiger partial charge in [-0.1, -0.05) is 26.0 Å². The van der Waals surface area contributed by atoms with Crippen molar-refractivity contribution in [2.45, 2.75) is 19.7 Å². The van der Waals surface area contributed by atoms with E-state index >= 15 is 0 Å². The lowest BCUT2D eigenvalue weighted by Crippen LogP contribution is -2.06. The van der Waals surface area contributed by atoms with Crippen molar-refractivity contribution in [3.8, 4) is 11.5 Å². The van der Waals surface area contributed by atoms with Crippen molar-refractivity contribution in [3.05, 3.63) is 23.8 Å². The summed E-state index contributed by atoms with van der Waals surface area (Å²) in [5.41, 5.74) is 0.959. The molecule has 1 aromatic rings. The lowest BCUT2D eigenvalue weighted by Gasteiger charge is -2.14. The van der Waals surface area contributed by atoms with Crippen LogP contribution < -0.4 is 9.47 Å². The second-order valence-electron chi connectivity index (χ2n) is 3.79. The van der Waals surface area contributed by atoms with Crippen LogP contribution in [0.3, 0.4) is 0 Å². The van der Waals surface area contributed by atoms with E-state index in [2.05, 4.69) is 13.8 Å².